The maximum Gasteiger partial charge on any atom is 0.176 e. The van der Waals surface area contributed by atoms with Crippen molar-refractivity contribution < 1.29 is 13.2 Å². The molecule has 7 heteroatoms. The molecule has 1 aromatic carbocycles. The second-order valence-electron chi connectivity index (χ2n) is 2.35. The summed E-state index contributed by atoms with van der Waals surface area (Å²) in [7, 11) is 0. The van der Waals surface area contributed by atoms with E-state index in [1.165, 1.54) is 0 Å². The Morgan fingerprint density at radius 2 is 2.00 bits per heavy atom. The van der Waals surface area contributed by atoms with Gasteiger partial charge < -0.3 is 0 Å². The van der Waals surface area contributed by atoms with Gasteiger partial charge in [-0.15, -0.1) is 0 Å². The lowest BCUT2D eigenvalue weighted by Gasteiger charge is -2.03. The van der Waals surface area contributed by atoms with Crippen molar-refractivity contribution in [2.24, 2.45) is 5.11 Å². The monoisotopic (exact) mass is 265 g/mol. The van der Waals surface area contributed by atoms with E-state index < -0.39 is 28.5 Å². The molecule has 0 atom stereocenters. The van der Waals surface area contributed by atoms with Crippen LogP contribution in [0.1, 0.15) is 5.56 Å². The van der Waals surface area contributed by atoms with Gasteiger partial charge in [-0.2, -0.15) is 0 Å². The van der Waals surface area contributed by atoms with E-state index in [4.69, 9.17) is 5.53 Å². The van der Waals surface area contributed by atoms with Crippen LogP contribution in [-0.4, -0.2) is 0 Å². The first-order chi connectivity index (χ1) is 6.57. The van der Waals surface area contributed by atoms with Gasteiger partial charge in [0.05, 0.1) is 11.0 Å². The van der Waals surface area contributed by atoms with Gasteiger partial charge in [-0.1, -0.05) is 5.11 Å². The highest BCUT2D eigenvalue weighted by atomic mass is 79.9. The van der Waals surface area contributed by atoms with Gasteiger partial charge in [0.2, 0.25) is 0 Å². The number of benzene rings is 1. The lowest BCUT2D eigenvalue weighted by atomic mass is 10.2. The van der Waals surface area contributed by atoms with Crippen molar-refractivity contribution in [3.8, 4) is 0 Å². The molecule has 0 aliphatic rings. The van der Waals surface area contributed by atoms with Gasteiger partial charge in [0.15, 0.2) is 11.6 Å². The zero-order valence-electron chi connectivity index (χ0n) is 6.64. The quantitative estimate of drug-likeness (QED) is 0.258. The molecule has 14 heavy (non-hydrogen) atoms. The van der Waals surface area contributed by atoms with Gasteiger partial charge in [-0.25, -0.2) is 13.2 Å². The Balaban J connectivity index is 3.25. The van der Waals surface area contributed by atoms with Crippen LogP contribution in [0.2, 0.25) is 0 Å². The second-order valence-corrected chi connectivity index (χ2v) is 3.14. The van der Waals surface area contributed by atoms with Crippen molar-refractivity contribution in [1.82, 2.24) is 0 Å². The van der Waals surface area contributed by atoms with Crippen LogP contribution in [0.25, 0.3) is 10.4 Å². The summed E-state index contributed by atoms with van der Waals surface area (Å²) in [5.74, 6) is -3.48. The minimum atomic E-state index is -1.33. The molecule has 1 rings (SSSR count). The minimum absolute atomic E-state index is 0.319. The molecule has 0 amide bonds. The fourth-order valence-corrected chi connectivity index (χ4v) is 1.13. The zero-order valence-corrected chi connectivity index (χ0v) is 8.22. The molecule has 1 aromatic rings. The molecule has 0 heterocycles. The van der Waals surface area contributed by atoms with Crippen molar-refractivity contribution in [2.75, 3.05) is 0 Å². The van der Waals surface area contributed by atoms with E-state index in [9.17, 15) is 13.2 Å². The summed E-state index contributed by atoms with van der Waals surface area (Å²) >= 11 is 2.54. The Morgan fingerprint density at radius 1 is 1.36 bits per heavy atom. The summed E-state index contributed by atoms with van der Waals surface area (Å²) in [5.41, 5.74) is 7.63. The highest BCUT2D eigenvalue weighted by Crippen LogP contribution is 2.25. The molecule has 0 saturated heterocycles. The highest BCUT2D eigenvalue weighted by Gasteiger charge is 2.15. The number of hydrogen-bond donors (Lipinski definition) is 0. The third kappa shape index (κ3) is 2.00. The van der Waals surface area contributed by atoms with Crippen LogP contribution in [0.15, 0.2) is 15.7 Å². The maximum atomic E-state index is 13.0. The lowest BCUT2D eigenvalue weighted by molar-refractivity contribution is 0.478. The molecule has 74 valence electrons. The van der Waals surface area contributed by atoms with Crippen molar-refractivity contribution in [3.05, 3.63) is 44.0 Å². The van der Waals surface area contributed by atoms with E-state index in [0.717, 1.165) is 6.07 Å². The van der Waals surface area contributed by atoms with Gasteiger partial charge in [-0.05, 0) is 33.1 Å². The molecule has 0 aliphatic carbocycles. The summed E-state index contributed by atoms with van der Waals surface area (Å²) in [6, 6.07) is 0.775. The van der Waals surface area contributed by atoms with E-state index in [1.807, 2.05) is 0 Å². The van der Waals surface area contributed by atoms with E-state index in [0.29, 0.717) is 0 Å². The Hall–Kier alpha value is -1.20. The molecule has 0 aromatic heterocycles. The third-order valence-electron chi connectivity index (χ3n) is 1.48. The first-order valence-electron chi connectivity index (χ1n) is 3.40. The predicted octanol–water partition coefficient (Wildman–Crippen LogP) is 3.68. The number of rotatable bonds is 2. The topological polar surface area (TPSA) is 48.8 Å². The summed E-state index contributed by atoms with van der Waals surface area (Å²) in [6.45, 7) is -0.427. The molecular weight excluding hydrogens is 263 g/mol. The Labute approximate surface area is 85.3 Å². The predicted molar refractivity (Wildman–Crippen MR) is 46.9 cm³/mol. The number of hydrogen-bond acceptors (Lipinski definition) is 1. The van der Waals surface area contributed by atoms with Crippen molar-refractivity contribution in [1.29, 1.82) is 0 Å². The van der Waals surface area contributed by atoms with Crippen LogP contribution < -0.4 is 0 Å². The Bertz CT molecular complexity index is 415. The fraction of sp³-hybridized carbons (Fsp3) is 0.143. The smallest absolute Gasteiger partial charge is 0.176 e. The molecule has 0 bridgehead atoms. The number of azide groups is 1. The fourth-order valence-electron chi connectivity index (χ4n) is 0.845. The van der Waals surface area contributed by atoms with E-state index in [1.54, 1.807) is 0 Å². The average Bonchev–Trinajstić information content (AvgIpc) is 2.18. The Morgan fingerprint density at radius 3 is 2.57 bits per heavy atom. The zero-order chi connectivity index (χ0) is 10.7. The molecular formula is C7H3BrF3N3. The highest BCUT2D eigenvalue weighted by molar-refractivity contribution is 9.10. The summed E-state index contributed by atoms with van der Waals surface area (Å²) in [6.07, 6.45) is 0. The Kier molecular flexibility index (Phi) is 3.38. The van der Waals surface area contributed by atoms with Gasteiger partial charge >= 0.3 is 0 Å². The number of halogens is 4. The molecule has 0 aliphatic heterocycles. The van der Waals surface area contributed by atoms with Gasteiger partial charge in [0, 0.05) is 4.91 Å². The van der Waals surface area contributed by atoms with E-state index in [2.05, 4.69) is 26.0 Å². The first kappa shape index (κ1) is 10.9. The van der Waals surface area contributed by atoms with Gasteiger partial charge in [-0.3, -0.25) is 0 Å². The second kappa shape index (κ2) is 4.34. The van der Waals surface area contributed by atoms with Crippen molar-refractivity contribution in [3.63, 3.8) is 0 Å². The first-order valence-corrected chi connectivity index (χ1v) is 4.20. The SMILES string of the molecule is [N-]=[N+]=NCc1cc(F)c(Br)c(F)c1F. The van der Waals surface area contributed by atoms with Gasteiger partial charge in [0.1, 0.15) is 5.82 Å². The summed E-state index contributed by atoms with van der Waals surface area (Å²) in [4.78, 5) is 2.36. The average molecular weight is 266 g/mol. The van der Waals surface area contributed by atoms with Crippen LogP contribution in [0.5, 0.6) is 0 Å². The molecule has 0 spiro atoms. The largest absolute Gasteiger partial charge is 0.206 e. The van der Waals surface area contributed by atoms with Crippen molar-refractivity contribution >= 4 is 15.9 Å². The minimum Gasteiger partial charge on any atom is -0.206 e. The van der Waals surface area contributed by atoms with Crippen LogP contribution in [0.3, 0.4) is 0 Å². The molecule has 0 unspecified atom stereocenters. The standard InChI is InChI=1S/C7H3BrF3N3/c8-5-4(9)1-3(2-13-14-12)6(10)7(5)11/h1H,2H2. The normalized spacial score (nSPS) is 9.71. The van der Waals surface area contributed by atoms with E-state index >= 15 is 0 Å². The maximum absolute atomic E-state index is 13.0. The summed E-state index contributed by atoms with van der Waals surface area (Å²) in [5, 5.41) is 3.01. The molecule has 3 nitrogen and oxygen atoms in total. The third-order valence-corrected chi connectivity index (χ3v) is 2.21. The molecule has 0 radical (unpaired) electrons. The number of nitrogens with zero attached hydrogens (tertiary/aromatic N) is 3. The van der Waals surface area contributed by atoms with Crippen molar-refractivity contribution in [2.45, 2.75) is 6.54 Å². The molecule has 0 saturated carbocycles. The molecule has 0 fully saturated rings. The van der Waals surface area contributed by atoms with Crippen LogP contribution >= 0.6 is 15.9 Å². The van der Waals surface area contributed by atoms with Crippen LogP contribution in [0.4, 0.5) is 13.2 Å². The van der Waals surface area contributed by atoms with Gasteiger partial charge in [0.25, 0.3) is 0 Å². The molecule has 0 N–H and O–H groups in total. The lowest BCUT2D eigenvalue weighted by Crippen LogP contribution is -1.97. The van der Waals surface area contributed by atoms with Crippen LogP contribution in [-0.2, 0) is 6.54 Å². The van der Waals surface area contributed by atoms with E-state index in [-0.39, 0.29) is 5.56 Å². The summed E-state index contributed by atoms with van der Waals surface area (Å²) < 4.78 is 38.2. The van der Waals surface area contributed by atoms with Crippen LogP contribution in [0, 0.1) is 17.5 Å².